The van der Waals surface area contributed by atoms with Gasteiger partial charge in [0.15, 0.2) is 0 Å². The summed E-state index contributed by atoms with van der Waals surface area (Å²) in [5.74, 6) is -0.469. The molecule has 0 spiro atoms. The Bertz CT molecular complexity index is 694. The lowest BCUT2D eigenvalue weighted by atomic mass is 9.96. The van der Waals surface area contributed by atoms with Crippen LogP contribution in [0.1, 0.15) is 20.8 Å². The zero-order chi connectivity index (χ0) is 14.9. The maximum atomic E-state index is 13.1. The zero-order valence-corrected chi connectivity index (χ0v) is 11.8. The number of amides is 1. The molecule has 0 bridgehead atoms. The molecule has 0 saturated heterocycles. The van der Waals surface area contributed by atoms with Crippen molar-refractivity contribution in [1.82, 2.24) is 14.9 Å². The molecule has 6 heteroatoms. The van der Waals surface area contributed by atoms with Crippen molar-refractivity contribution in [1.29, 1.82) is 0 Å². The van der Waals surface area contributed by atoms with E-state index in [4.69, 9.17) is 0 Å². The summed E-state index contributed by atoms with van der Waals surface area (Å²) in [5.41, 5.74) is 0.308. The quantitative estimate of drug-likeness (QED) is 0.896. The highest BCUT2D eigenvalue weighted by molar-refractivity contribution is 5.81. The molecule has 0 unspecified atom stereocenters. The molecule has 0 fully saturated rings. The molecule has 5 nitrogen and oxygen atoms in total. The number of aromatic nitrogens is 2. The van der Waals surface area contributed by atoms with Crippen molar-refractivity contribution >= 4 is 16.9 Å². The number of fused-ring (bicyclic) bond motifs is 1. The number of aromatic amines is 1. The van der Waals surface area contributed by atoms with Crippen molar-refractivity contribution in [3.05, 3.63) is 34.5 Å². The summed E-state index contributed by atoms with van der Waals surface area (Å²) in [4.78, 5) is 26.1. The monoisotopic (exact) mass is 279 g/mol. The van der Waals surface area contributed by atoms with Crippen LogP contribution in [0.25, 0.3) is 11.0 Å². The van der Waals surface area contributed by atoms with Crippen LogP contribution in [-0.2, 0) is 11.3 Å². The third kappa shape index (κ3) is 2.89. The molecule has 2 rings (SSSR count). The molecule has 0 saturated carbocycles. The van der Waals surface area contributed by atoms with E-state index in [-0.39, 0.29) is 11.6 Å². The van der Waals surface area contributed by atoms with Crippen molar-refractivity contribution < 1.29 is 9.18 Å². The molecular weight excluding hydrogens is 261 g/mol. The third-order valence-electron chi connectivity index (χ3n) is 3.04. The topological polar surface area (TPSA) is 66.9 Å². The minimum absolute atomic E-state index is 0.0727. The van der Waals surface area contributed by atoms with E-state index in [2.05, 4.69) is 10.3 Å². The van der Waals surface area contributed by atoms with Crippen LogP contribution in [0.3, 0.4) is 0 Å². The largest absolute Gasteiger partial charge is 0.354 e. The van der Waals surface area contributed by atoms with Crippen LogP contribution in [0.4, 0.5) is 4.39 Å². The van der Waals surface area contributed by atoms with Gasteiger partial charge >= 0.3 is 5.69 Å². The van der Waals surface area contributed by atoms with E-state index in [9.17, 15) is 14.0 Å². The highest BCUT2D eigenvalue weighted by Gasteiger charge is 2.20. The van der Waals surface area contributed by atoms with E-state index >= 15 is 0 Å². The van der Waals surface area contributed by atoms with Crippen LogP contribution >= 0.6 is 0 Å². The first-order valence-electron chi connectivity index (χ1n) is 6.45. The standard InChI is InChI=1S/C14H18FN3O2/c1-14(2,3)12(19)16-6-7-18-11-5-4-9(15)8-10(11)17-13(18)20/h4-5,8H,6-7H2,1-3H3,(H,16,19)(H,17,20). The molecule has 0 aliphatic heterocycles. The lowest BCUT2D eigenvalue weighted by molar-refractivity contribution is -0.128. The van der Waals surface area contributed by atoms with Gasteiger partial charge in [0.25, 0.3) is 0 Å². The number of imidazole rings is 1. The summed E-state index contributed by atoms with van der Waals surface area (Å²) >= 11 is 0. The summed E-state index contributed by atoms with van der Waals surface area (Å²) in [6.45, 7) is 6.15. The van der Waals surface area contributed by atoms with Crippen molar-refractivity contribution in [2.75, 3.05) is 6.54 Å². The lowest BCUT2D eigenvalue weighted by Gasteiger charge is -2.17. The maximum absolute atomic E-state index is 13.1. The molecule has 20 heavy (non-hydrogen) atoms. The Labute approximate surface area is 115 Å². The smallest absolute Gasteiger partial charge is 0.326 e. The van der Waals surface area contributed by atoms with E-state index in [0.29, 0.717) is 24.1 Å². The number of halogens is 1. The molecule has 1 heterocycles. The maximum Gasteiger partial charge on any atom is 0.326 e. The van der Waals surface area contributed by atoms with E-state index in [1.165, 1.54) is 16.7 Å². The Morgan fingerprint density at radius 2 is 2.10 bits per heavy atom. The Hall–Kier alpha value is -2.11. The lowest BCUT2D eigenvalue weighted by Crippen LogP contribution is -2.37. The number of H-pyrrole nitrogens is 1. The average Bonchev–Trinajstić information content (AvgIpc) is 2.63. The molecule has 1 aromatic heterocycles. The zero-order valence-electron chi connectivity index (χ0n) is 11.8. The molecule has 0 radical (unpaired) electrons. The number of benzene rings is 1. The van der Waals surface area contributed by atoms with Crippen LogP contribution < -0.4 is 11.0 Å². The second kappa shape index (κ2) is 5.11. The van der Waals surface area contributed by atoms with Crippen LogP contribution in [0.15, 0.2) is 23.0 Å². The van der Waals surface area contributed by atoms with Gasteiger partial charge in [-0.15, -0.1) is 0 Å². The number of hydrogen-bond donors (Lipinski definition) is 2. The van der Waals surface area contributed by atoms with Gasteiger partial charge in [0.05, 0.1) is 11.0 Å². The SMILES string of the molecule is CC(C)(C)C(=O)NCCn1c(=O)[nH]c2cc(F)ccc21. The normalized spacial score (nSPS) is 11.8. The highest BCUT2D eigenvalue weighted by Crippen LogP contribution is 2.13. The summed E-state index contributed by atoms with van der Waals surface area (Å²) in [6, 6.07) is 4.13. The van der Waals surface area contributed by atoms with Crippen LogP contribution in [0.5, 0.6) is 0 Å². The highest BCUT2D eigenvalue weighted by atomic mass is 19.1. The van der Waals surface area contributed by atoms with Crippen molar-refractivity contribution in [3.8, 4) is 0 Å². The number of hydrogen-bond acceptors (Lipinski definition) is 2. The summed E-state index contributed by atoms with van der Waals surface area (Å²) < 4.78 is 14.6. The third-order valence-corrected chi connectivity index (χ3v) is 3.04. The van der Waals surface area contributed by atoms with Crippen LogP contribution in [0.2, 0.25) is 0 Å². The fourth-order valence-electron chi connectivity index (χ4n) is 1.90. The predicted octanol–water partition coefficient (Wildman–Crippen LogP) is 1.63. The van der Waals surface area contributed by atoms with Gasteiger partial charge in [-0.1, -0.05) is 20.8 Å². The van der Waals surface area contributed by atoms with Crippen molar-refractivity contribution in [2.24, 2.45) is 5.41 Å². The fourth-order valence-corrected chi connectivity index (χ4v) is 1.90. The first-order chi connectivity index (χ1) is 9.29. The number of nitrogens with one attached hydrogen (secondary N) is 2. The molecule has 1 amide bonds. The van der Waals surface area contributed by atoms with Gasteiger partial charge in [-0.2, -0.15) is 0 Å². The van der Waals surface area contributed by atoms with E-state index in [0.717, 1.165) is 0 Å². The molecule has 2 aromatic rings. The summed E-state index contributed by atoms with van der Waals surface area (Å²) in [5, 5.41) is 2.78. The molecule has 0 aliphatic rings. The van der Waals surface area contributed by atoms with Gasteiger partial charge < -0.3 is 10.3 Å². The Balaban J connectivity index is 2.13. The first-order valence-corrected chi connectivity index (χ1v) is 6.45. The molecule has 2 N–H and O–H groups in total. The second-order valence-corrected chi connectivity index (χ2v) is 5.75. The van der Waals surface area contributed by atoms with E-state index in [1.54, 1.807) is 6.07 Å². The molecule has 1 aromatic carbocycles. The Kier molecular flexibility index (Phi) is 3.65. The van der Waals surface area contributed by atoms with Crippen molar-refractivity contribution in [3.63, 3.8) is 0 Å². The second-order valence-electron chi connectivity index (χ2n) is 5.75. The van der Waals surface area contributed by atoms with Gasteiger partial charge in [0.2, 0.25) is 5.91 Å². The van der Waals surface area contributed by atoms with Gasteiger partial charge in [0, 0.05) is 18.5 Å². The van der Waals surface area contributed by atoms with Gasteiger partial charge in [-0.25, -0.2) is 9.18 Å². The minimum Gasteiger partial charge on any atom is -0.354 e. The van der Waals surface area contributed by atoms with Crippen LogP contribution in [0, 0.1) is 11.2 Å². The Morgan fingerprint density at radius 3 is 2.75 bits per heavy atom. The average molecular weight is 279 g/mol. The fraction of sp³-hybridized carbons (Fsp3) is 0.429. The van der Waals surface area contributed by atoms with Gasteiger partial charge in [-0.3, -0.25) is 9.36 Å². The summed E-state index contributed by atoms with van der Waals surface area (Å²) in [7, 11) is 0. The number of carbonyl (C=O) groups excluding carboxylic acids is 1. The molecular formula is C14H18FN3O2. The van der Waals surface area contributed by atoms with Crippen molar-refractivity contribution in [2.45, 2.75) is 27.3 Å². The number of carbonyl (C=O) groups is 1. The first kappa shape index (κ1) is 14.3. The van der Waals surface area contributed by atoms with E-state index in [1.807, 2.05) is 20.8 Å². The van der Waals surface area contributed by atoms with Gasteiger partial charge in [0.1, 0.15) is 5.82 Å². The molecule has 0 aliphatic carbocycles. The molecule has 108 valence electrons. The predicted molar refractivity (Wildman–Crippen MR) is 75.0 cm³/mol. The van der Waals surface area contributed by atoms with E-state index < -0.39 is 11.2 Å². The number of rotatable bonds is 3. The van der Waals surface area contributed by atoms with Crippen LogP contribution in [-0.4, -0.2) is 22.0 Å². The Morgan fingerprint density at radius 1 is 1.40 bits per heavy atom. The molecule has 0 atom stereocenters. The van der Waals surface area contributed by atoms with Gasteiger partial charge in [-0.05, 0) is 18.2 Å². The number of nitrogens with zero attached hydrogens (tertiary/aromatic N) is 1. The summed E-state index contributed by atoms with van der Waals surface area (Å²) in [6.07, 6.45) is 0. The minimum atomic E-state index is -0.464.